The minimum absolute atomic E-state index is 0.160. The topological polar surface area (TPSA) is 68.3 Å². The molecule has 1 fully saturated rings. The Labute approximate surface area is 114 Å². The zero-order valence-electron chi connectivity index (χ0n) is 11.7. The van der Waals surface area contributed by atoms with E-state index in [1.54, 1.807) is 6.20 Å². The lowest BCUT2D eigenvalue weighted by Crippen LogP contribution is -2.18. The number of nitrogens with one attached hydrogen (secondary N) is 1. The molecule has 0 atom stereocenters. The van der Waals surface area contributed by atoms with Gasteiger partial charge in [-0.15, -0.1) is 0 Å². The van der Waals surface area contributed by atoms with E-state index in [1.165, 1.54) is 6.20 Å². The molecule has 5 nitrogen and oxygen atoms in total. The van der Waals surface area contributed by atoms with Gasteiger partial charge in [0.2, 0.25) is 10.0 Å². The SMILES string of the molecule is CC(C)(C)c1cncc(NS(C)(=O)=O)c1OC1CC1. The summed E-state index contributed by atoms with van der Waals surface area (Å²) in [6.45, 7) is 6.15. The first-order valence-electron chi connectivity index (χ1n) is 6.30. The standard InChI is InChI=1S/C13H20N2O3S/c1-13(2,3)10-7-14-8-11(15-19(4,16)17)12(10)18-9-5-6-9/h7-9,15H,5-6H2,1-4H3. The molecular weight excluding hydrogens is 264 g/mol. The van der Waals surface area contributed by atoms with Crippen molar-refractivity contribution in [3.63, 3.8) is 0 Å². The van der Waals surface area contributed by atoms with Crippen LogP contribution in [0.2, 0.25) is 0 Å². The second-order valence-electron chi connectivity index (χ2n) is 6.01. The van der Waals surface area contributed by atoms with Crippen molar-refractivity contribution in [2.24, 2.45) is 0 Å². The normalized spacial score (nSPS) is 16.2. The summed E-state index contributed by atoms with van der Waals surface area (Å²) in [5.41, 5.74) is 1.17. The molecule has 1 aromatic heterocycles. The first kappa shape index (κ1) is 14.1. The van der Waals surface area contributed by atoms with Crippen LogP contribution in [-0.2, 0) is 15.4 Å². The molecule has 106 valence electrons. The van der Waals surface area contributed by atoms with Crippen LogP contribution < -0.4 is 9.46 Å². The maximum absolute atomic E-state index is 11.4. The lowest BCUT2D eigenvalue weighted by molar-refractivity contribution is 0.296. The Morgan fingerprint density at radius 3 is 2.42 bits per heavy atom. The average Bonchev–Trinajstić information content (AvgIpc) is 3.00. The van der Waals surface area contributed by atoms with Crippen molar-refractivity contribution in [3.05, 3.63) is 18.0 Å². The summed E-state index contributed by atoms with van der Waals surface area (Å²) in [6.07, 6.45) is 6.59. The molecule has 6 heteroatoms. The Morgan fingerprint density at radius 1 is 1.32 bits per heavy atom. The zero-order chi connectivity index (χ0) is 14.3. The van der Waals surface area contributed by atoms with Gasteiger partial charge in [0.1, 0.15) is 5.69 Å². The summed E-state index contributed by atoms with van der Waals surface area (Å²) in [5, 5.41) is 0. The van der Waals surface area contributed by atoms with Crippen molar-refractivity contribution < 1.29 is 13.2 Å². The molecule has 0 spiro atoms. The summed E-state index contributed by atoms with van der Waals surface area (Å²) >= 11 is 0. The molecular formula is C13H20N2O3S. The molecule has 0 unspecified atom stereocenters. The Bertz CT molecular complexity index is 572. The average molecular weight is 284 g/mol. The lowest BCUT2D eigenvalue weighted by Gasteiger charge is -2.24. The Balaban J connectivity index is 2.46. The highest BCUT2D eigenvalue weighted by Gasteiger charge is 2.29. The van der Waals surface area contributed by atoms with Gasteiger partial charge < -0.3 is 4.74 Å². The minimum atomic E-state index is -3.35. The predicted molar refractivity (Wildman–Crippen MR) is 75.1 cm³/mol. The van der Waals surface area contributed by atoms with Crippen LogP contribution >= 0.6 is 0 Å². The summed E-state index contributed by atoms with van der Waals surface area (Å²) in [4.78, 5) is 4.12. The molecule has 19 heavy (non-hydrogen) atoms. The fourth-order valence-corrected chi connectivity index (χ4v) is 2.28. The molecule has 0 aromatic carbocycles. The highest BCUT2D eigenvalue weighted by molar-refractivity contribution is 7.92. The highest BCUT2D eigenvalue weighted by Crippen LogP contribution is 2.39. The van der Waals surface area contributed by atoms with E-state index >= 15 is 0 Å². The van der Waals surface area contributed by atoms with Gasteiger partial charge in [0.05, 0.1) is 18.6 Å². The van der Waals surface area contributed by atoms with E-state index < -0.39 is 10.0 Å². The summed E-state index contributed by atoms with van der Waals surface area (Å²) in [5.74, 6) is 0.607. The van der Waals surface area contributed by atoms with E-state index in [2.05, 4.69) is 9.71 Å². The molecule has 0 aliphatic heterocycles. The van der Waals surface area contributed by atoms with Crippen molar-refractivity contribution in [1.29, 1.82) is 0 Å². The second kappa shape index (κ2) is 4.67. The fourth-order valence-electron chi connectivity index (χ4n) is 1.73. The first-order chi connectivity index (χ1) is 8.67. The van der Waals surface area contributed by atoms with E-state index in [9.17, 15) is 8.42 Å². The summed E-state index contributed by atoms with van der Waals surface area (Å²) in [7, 11) is -3.35. The summed E-state index contributed by atoms with van der Waals surface area (Å²) in [6, 6.07) is 0. The molecule has 1 heterocycles. The van der Waals surface area contributed by atoms with Gasteiger partial charge in [0.25, 0.3) is 0 Å². The quantitative estimate of drug-likeness (QED) is 0.921. The van der Waals surface area contributed by atoms with E-state index in [4.69, 9.17) is 4.74 Å². The number of nitrogens with zero attached hydrogens (tertiary/aromatic N) is 1. The number of sulfonamides is 1. The van der Waals surface area contributed by atoms with Crippen molar-refractivity contribution in [1.82, 2.24) is 4.98 Å². The Morgan fingerprint density at radius 2 is 1.95 bits per heavy atom. The van der Waals surface area contributed by atoms with Crippen molar-refractivity contribution in [3.8, 4) is 5.75 Å². The number of aromatic nitrogens is 1. The van der Waals surface area contributed by atoms with Gasteiger partial charge in [-0.25, -0.2) is 8.42 Å². The van der Waals surface area contributed by atoms with Crippen LogP contribution in [0, 0.1) is 0 Å². The molecule has 1 saturated carbocycles. The molecule has 0 radical (unpaired) electrons. The van der Waals surface area contributed by atoms with Gasteiger partial charge in [-0.1, -0.05) is 20.8 Å². The van der Waals surface area contributed by atoms with E-state index in [0.29, 0.717) is 11.4 Å². The highest BCUT2D eigenvalue weighted by atomic mass is 32.2. The molecule has 2 rings (SSSR count). The number of rotatable bonds is 4. The van der Waals surface area contributed by atoms with Gasteiger partial charge in [-0.2, -0.15) is 0 Å². The Hall–Kier alpha value is -1.30. The van der Waals surface area contributed by atoms with Crippen LogP contribution in [0.4, 0.5) is 5.69 Å². The van der Waals surface area contributed by atoms with Crippen LogP contribution in [0.5, 0.6) is 5.75 Å². The van der Waals surface area contributed by atoms with Gasteiger partial charge in [-0.05, 0) is 18.3 Å². The van der Waals surface area contributed by atoms with E-state index in [1.807, 2.05) is 20.8 Å². The maximum atomic E-state index is 11.4. The van der Waals surface area contributed by atoms with Gasteiger partial charge in [0, 0.05) is 11.8 Å². The molecule has 0 amide bonds. The minimum Gasteiger partial charge on any atom is -0.488 e. The van der Waals surface area contributed by atoms with Crippen LogP contribution in [0.1, 0.15) is 39.2 Å². The summed E-state index contributed by atoms with van der Waals surface area (Å²) < 4.78 is 31.2. The largest absolute Gasteiger partial charge is 0.488 e. The van der Waals surface area contributed by atoms with Gasteiger partial charge in [0.15, 0.2) is 5.75 Å². The molecule has 1 aliphatic carbocycles. The van der Waals surface area contributed by atoms with E-state index in [0.717, 1.165) is 24.7 Å². The predicted octanol–water partition coefficient (Wildman–Crippen LogP) is 2.29. The lowest BCUT2D eigenvalue weighted by atomic mass is 9.87. The Kier molecular flexibility index (Phi) is 3.47. The van der Waals surface area contributed by atoms with E-state index in [-0.39, 0.29) is 11.5 Å². The smallest absolute Gasteiger partial charge is 0.229 e. The number of pyridine rings is 1. The van der Waals surface area contributed by atoms with Crippen LogP contribution in [0.15, 0.2) is 12.4 Å². The number of hydrogen-bond donors (Lipinski definition) is 1. The van der Waals surface area contributed by atoms with Crippen LogP contribution in [0.25, 0.3) is 0 Å². The molecule has 0 bridgehead atoms. The zero-order valence-corrected chi connectivity index (χ0v) is 12.5. The molecule has 1 N–H and O–H groups in total. The van der Waals surface area contributed by atoms with Crippen molar-refractivity contribution >= 4 is 15.7 Å². The number of anilines is 1. The molecule has 0 saturated heterocycles. The number of hydrogen-bond acceptors (Lipinski definition) is 4. The monoisotopic (exact) mass is 284 g/mol. The van der Waals surface area contributed by atoms with Crippen molar-refractivity contribution in [2.75, 3.05) is 11.0 Å². The first-order valence-corrected chi connectivity index (χ1v) is 8.19. The molecule has 1 aromatic rings. The third kappa shape index (κ3) is 3.83. The number of ether oxygens (including phenoxy) is 1. The third-order valence-corrected chi connectivity index (χ3v) is 3.40. The van der Waals surface area contributed by atoms with Crippen molar-refractivity contribution in [2.45, 2.75) is 45.1 Å². The molecule has 1 aliphatic rings. The second-order valence-corrected chi connectivity index (χ2v) is 7.75. The van der Waals surface area contributed by atoms with Gasteiger partial charge >= 0.3 is 0 Å². The third-order valence-electron chi connectivity index (χ3n) is 2.81. The maximum Gasteiger partial charge on any atom is 0.229 e. The van der Waals surface area contributed by atoms with Crippen LogP contribution in [0.3, 0.4) is 0 Å². The van der Waals surface area contributed by atoms with Crippen LogP contribution in [-0.4, -0.2) is 25.8 Å². The van der Waals surface area contributed by atoms with Gasteiger partial charge in [-0.3, -0.25) is 9.71 Å². The fraction of sp³-hybridized carbons (Fsp3) is 0.615.